The molecule has 0 amide bonds. The third-order valence-electron chi connectivity index (χ3n) is 11.5. The molecule has 7 nitrogen and oxygen atoms in total. The van der Waals surface area contributed by atoms with Gasteiger partial charge >= 0.3 is 11.9 Å². The molecule has 0 aromatic rings. The molecule has 0 heterocycles. The topological polar surface area (TPSA) is 131 Å². The van der Waals surface area contributed by atoms with Crippen LogP contribution in [-0.2, 0) is 19.1 Å². The van der Waals surface area contributed by atoms with E-state index in [1.807, 2.05) is 0 Å². The summed E-state index contributed by atoms with van der Waals surface area (Å²) >= 11 is 0. The van der Waals surface area contributed by atoms with Gasteiger partial charge in [-0.15, -0.1) is 12.4 Å². The Morgan fingerprint density at radius 2 is 0.984 bits per heavy atom. The first-order valence-corrected chi connectivity index (χ1v) is 22.4. The second kappa shape index (κ2) is 28.0. The predicted molar refractivity (Wildman–Crippen MR) is 262 cm³/mol. The average molecular weight is 861 g/mol. The van der Waals surface area contributed by atoms with Gasteiger partial charge in [-0.25, -0.2) is 0 Å². The Morgan fingerprint density at radius 3 is 1.34 bits per heavy atom. The van der Waals surface area contributed by atoms with Crippen molar-refractivity contribution in [3.8, 4) is 0 Å². The van der Waals surface area contributed by atoms with Gasteiger partial charge in [-0.3, -0.25) is 9.59 Å². The number of nitrogens with two attached hydrogens (primary N) is 3. The Balaban J connectivity index is 0.0000186. The van der Waals surface area contributed by atoms with Gasteiger partial charge in [0.2, 0.25) is 0 Å². The van der Waals surface area contributed by atoms with E-state index in [0.29, 0.717) is 19.4 Å². The van der Waals surface area contributed by atoms with Crippen LogP contribution in [0, 0.1) is 10.8 Å². The maximum atomic E-state index is 12.6. The van der Waals surface area contributed by atoms with Crippen LogP contribution in [0.25, 0.3) is 0 Å². The zero-order chi connectivity index (χ0) is 44.9. The number of carbonyl (C=O) groups is 2. The van der Waals surface area contributed by atoms with Crippen LogP contribution in [0.5, 0.6) is 0 Å². The fraction of sp³-hybridized carbons (Fsp3) is 0.547. The van der Waals surface area contributed by atoms with E-state index in [1.165, 1.54) is 22.3 Å². The Kier molecular flexibility index (Phi) is 25.4. The molecule has 6 N–H and O–H groups in total. The minimum absolute atomic E-state index is 0. The first-order valence-electron chi connectivity index (χ1n) is 22.4. The Morgan fingerprint density at radius 1 is 0.623 bits per heavy atom. The molecule has 0 saturated heterocycles. The standard InChI is InChI=1S/C53H81N3O4.ClH/c1-12-13-14-27-48(55)50(57)59-44-34-42(6)46(52(8,9)36-44)31-29-40(4)25-19-23-38(2)21-15-16-22-39(3)24-20-26-41(5)30-32-47-43(7)35-45(37-53(47,10)11)60-51(58)49(56)28-17-18-33-54;/h15-16,19-26,29-32,44-45,48-49H,12-14,17-18,27-28,33-37,54-56H2,1-11H3;1H/b16-15+,23-19+,24-20+,31-29+,32-30+,38-21+,39-22+,40-25+,41-26+;. The second-order valence-electron chi connectivity index (χ2n) is 18.5. The molecule has 0 aromatic carbocycles. The summed E-state index contributed by atoms with van der Waals surface area (Å²) < 4.78 is 11.7. The molecule has 2 aliphatic rings. The minimum Gasteiger partial charge on any atom is -0.461 e. The lowest BCUT2D eigenvalue weighted by Gasteiger charge is -2.37. The lowest BCUT2D eigenvalue weighted by Crippen LogP contribution is -2.38. The molecule has 0 fully saturated rings. The molecule has 4 atom stereocenters. The molecule has 0 aromatic heterocycles. The van der Waals surface area contributed by atoms with Crippen LogP contribution >= 0.6 is 12.4 Å². The molecular formula is C53H82ClN3O4. The van der Waals surface area contributed by atoms with E-state index in [1.54, 1.807) is 0 Å². The van der Waals surface area contributed by atoms with Crippen molar-refractivity contribution in [1.29, 1.82) is 0 Å². The third-order valence-corrected chi connectivity index (χ3v) is 11.5. The average Bonchev–Trinajstić information content (AvgIpc) is 3.15. The first kappa shape index (κ1) is 55.3. The number of allylic oxidation sites excluding steroid dienone is 20. The van der Waals surface area contributed by atoms with E-state index >= 15 is 0 Å². The van der Waals surface area contributed by atoms with Crippen LogP contribution in [0.4, 0.5) is 0 Å². The summed E-state index contributed by atoms with van der Waals surface area (Å²) in [7, 11) is 0. The summed E-state index contributed by atoms with van der Waals surface area (Å²) in [5, 5.41) is 0. The van der Waals surface area contributed by atoms with Gasteiger partial charge in [0.05, 0.1) is 0 Å². The van der Waals surface area contributed by atoms with E-state index in [0.717, 1.165) is 80.1 Å². The fourth-order valence-electron chi connectivity index (χ4n) is 8.09. The highest BCUT2D eigenvalue weighted by molar-refractivity contribution is 5.85. The summed E-state index contributed by atoms with van der Waals surface area (Å²) in [4.78, 5) is 25.2. The molecule has 4 unspecified atom stereocenters. The third kappa shape index (κ3) is 20.8. The van der Waals surface area contributed by atoms with E-state index in [-0.39, 0.29) is 47.4 Å². The molecule has 8 heteroatoms. The first-order chi connectivity index (χ1) is 28.3. The largest absolute Gasteiger partial charge is 0.461 e. The van der Waals surface area contributed by atoms with E-state index < -0.39 is 12.1 Å². The lowest BCUT2D eigenvalue weighted by molar-refractivity contribution is -0.153. The van der Waals surface area contributed by atoms with Gasteiger partial charge in [0.1, 0.15) is 24.3 Å². The van der Waals surface area contributed by atoms with Gasteiger partial charge < -0.3 is 26.7 Å². The minimum atomic E-state index is -0.589. The molecular weight excluding hydrogens is 778 g/mol. The Bertz CT molecular complexity index is 1650. The summed E-state index contributed by atoms with van der Waals surface area (Å²) in [5.74, 6) is -0.575. The quantitative estimate of drug-likeness (QED) is 0.0561. The van der Waals surface area contributed by atoms with Crippen molar-refractivity contribution >= 4 is 24.3 Å². The van der Waals surface area contributed by atoms with Crippen LogP contribution in [-0.4, -0.2) is 42.8 Å². The highest BCUT2D eigenvalue weighted by Gasteiger charge is 2.36. The van der Waals surface area contributed by atoms with Crippen molar-refractivity contribution in [2.24, 2.45) is 28.0 Å². The van der Waals surface area contributed by atoms with Crippen LogP contribution < -0.4 is 17.2 Å². The van der Waals surface area contributed by atoms with Crippen molar-refractivity contribution in [1.82, 2.24) is 0 Å². The zero-order valence-corrected chi connectivity index (χ0v) is 40.5. The Labute approximate surface area is 377 Å². The number of carbonyl (C=O) groups excluding carboxylic acids is 2. The van der Waals surface area contributed by atoms with Crippen molar-refractivity contribution in [3.05, 3.63) is 130 Å². The summed E-state index contributed by atoms with van der Waals surface area (Å²) in [6.45, 7) is 24.3. The summed E-state index contributed by atoms with van der Waals surface area (Å²) in [6, 6.07) is -1.12. The molecule has 2 rings (SSSR count). The van der Waals surface area contributed by atoms with Gasteiger partial charge in [-0.2, -0.15) is 0 Å². The van der Waals surface area contributed by atoms with Gasteiger partial charge in [-0.05, 0) is 102 Å². The van der Waals surface area contributed by atoms with E-state index in [2.05, 4.69) is 161 Å². The van der Waals surface area contributed by atoms with Crippen molar-refractivity contribution in [2.75, 3.05) is 6.54 Å². The monoisotopic (exact) mass is 860 g/mol. The second-order valence-corrected chi connectivity index (χ2v) is 18.5. The molecule has 0 spiro atoms. The van der Waals surface area contributed by atoms with Crippen molar-refractivity contribution in [2.45, 2.75) is 171 Å². The molecule has 0 bridgehead atoms. The number of hydrogen-bond donors (Lipinski definition) is 3. The number of hydrogen-bond acceptors (Lipinski definition) is 7. The number of unbranched alkanes of at least 4 members (excludes halogenated alkanes) is 3. The zero-order valence-electron chi connectivity index (χ0n) is 39.7. The molecule has 0 saturated carbocycles. The summed E-state index contributed by atoms with van der Waals surface area (Å²) in [6.07, 6.45) is 38.6. The highest BCUT2D eigenvalue weighted by Crippen LogP contribution is 2.43. The van der Waals surface area contributed by atoms with Crippen LogP contribution in [0.1, 0.15) is 147 Å². The molecule has 340 valence electrons. The normalized spacial score (nSPS) is 21.6. The number of esters is 2. The van der Waals surface area contributed by atoms with E-state index in [9.17, 15) is 9.59 Å². The van der Waals surface area contributed by atoms with E-state index in [4.69, 9.17) is 26.7 Å². The van der Waals surface area contributed by atoms with Crippen molar-refractivity contribution < 1.29 is 19.1 Å². The van der Waals surface area contributed by atoms with Gasteiger partial charge in [0, 0.05) is 12.8 Å². The van der Waals surface area contributed by atoms with Gasteiger partial charge in [-0.1, -0.05) is 179 Å². The molecule has 0 aliphatic heterocycles. The van der Waals surface area contributed by atoms with Gasteiger partial charge in [0.15, 0.2) is 0 Å². The number of ether oxygens (including phenoxy) is 2. The van der Waals surface area contributed by atoms with Crippen LogP contribution in [0.3, 0.4) is 0 Å². The van der Waals surface area contributed by atoms with Crippen molar-refractivity contribution in [3.63, 3.8) is 0 Å². The van der Waals surface area contributed by atoms with Crippen LogP contribution in [0.15, 0.2) is 130 Å². The SMILES string of the molecule is CCCCCC(N)C(=O)OC1CC(C)=C(/C=C/C(C)=C/C=C/C(C)=C/C=C/C=C(C)/C=C/C=C(C)/C=C/C2=C(C)CC(OC(=O)C(N)CCCCN)CC2(C)C)C(C)(C)C1.Cl. The number of halogens is 1. The highest BCUT2D eigenvalue weighted by atomic mass is 35.5. The molecule has 61 heavy (non-hydrogen) atoms. The van der Waals surface area contributed by atoms with Gasteiger partial charge in [0.25, 0.3) is 0 Å². The molecule has 2 aliphatic carbocycles. The fourth-order valence-corrected chi connectivity index (χ4v) is 8.09. The maximum Gasteiger partial charge on any atom is 0.323 e. The number of rotatable bonds is 22. The molecule has 0 radical (unpaired) electrons. The Hall–Kier alpha value is -3.75. The maximum absolute atomic E-state index is 12.6. The predicted octanol–water partition coefficient (Wildman–Crippen LogP) is 12.4. The lowest BCUT2D eigenvalue weighted by atomic mass is 9.71. The van der Waals surface area contributed by atoms with Crippen LogP contribution in [0.2, 0.25) is 0 Å². The summed E-state index contributed by atoms with van der Waals surface area (Å²) in [5.41, 5.74) is 27.3. The smallest absolute Gasteiger partial charge is 0.323 e.